The van der Waals surface area contributed by atoms with E-state index in [0.29, 0.717) is 29.4 Å². The number of rotatable bonds is 7. The van der Waals surface area contributed by atoms with Gasteiger partial charge in [-0.1, -0.05) is 0 Å². The van der Waals surface area contributed by atoms with E-state index in [1.54, 1.807) is 38.2 Å². The Morgan fingerprint density at radius 1 is 1.13 bits per heavy atom. The van der Waals surface area contributed by atoms with E-state index < -0.39 is 0 Å². The number of amides is 1. The molecule has 9 heteroatoms. The third-order valence-electron chi connectivity index (χ3n) is 5.31. The Morgan fingerprint density at radius 3 is 2.68 bits per heavy atom. The lowest BCUT2D eigenvalue weighted by atomic mass is 10.1. The molecule has 1 amide bonds. The number of nitrogens with one attached hydrogen (secondary N) is 1. The summed E-state index contributed by atoms with van der Waals surface area (Å²) in [4.78, 5) is 23.9. The van der Waals surface area contributed by atoms with Crippen molar-refractivity contribution in [2.24, 2.45) is 7.05 Å². The largest absolute Gasteiger partial charge is 0.497 e. The highest BCUT2D eigenvalue weighted by Crippen LogP contribution is 2.32. The molecule has 31 heavy (non-hydrogen) atoms. The van der Waals surface area contributed by atoms with Crippen LogP contribution in [0.5, 0.6) is 11.5 Å². The zero-order valence-electron chi connectivity index (χ0n) is 18.0. The average molecular weight is 422 g/mol. The minimum absolute atomic E-state index is 0.232. The maximum atomic E-state index is 12.8. The van der Waals surface area contributed by atoms with Crippen molar-refractivity contribution in [1.29, 1.82) is 0 Å². The number of aromatic nitrogens is 4. The van der Waals surface area contributed by atoms with E-state index in [0.717, 1.165) is 43.1 Å². The summed E-state index contributed by atoms with van der Waals surface area (Å²) in [5, 5.41) is 7.42. The van der Waals surface area contributed by atoms with Gasteiger partial charge in [0.25, 0.3) is 5.91 Å². The number of benzene rings is 1. The number of aryl methyl sites for hydroxylation is 1. The van der Waals surface area contributed by atoms with Gasteiger partial charge in [0.1, 0.15) is 17.2 Å². The van der Waals surface area contributed by atoms with Crippen LogP contribution in [-0.2, 0) is 13.6 Å². The lowest BCUT2D eigenvalue weighted by Gasteiger charge is -2.15. The molecule has 0 aliphatic carbocycles. The molecule has 0 unspecified atom stereocenters. The Labute approximate surface area is 181 Å². The van der Waals surface area contributed by atoms with Gasteiger partial charge in [-0.05, 0) is 43.2 Å². The van der Waals surface area contributed by atoms with E-state index in [4.69, 9.17) is 9.47 Å². The van der Waals surface area contributed by atoms with Crippen LogP contribution in [0.4, 0.5) is 5.95 Å². The van der Waals surface area contributed by atoms with Crippen molar-refractivity contribution in [1.82, 2.24) is 25.1 Å². The second-order valence-electron chi connectivity index (χ2n) is 7.33. The normalized spacial score (nSPS) is 13.3. The Hall–Kier alpha value is -3.62. The Balaban J connectivity index is 1.49. The highest BCUT2D eigenvalue weighted by molar-refractivity contribution is 5.93. The number of anilines is 1. The average Bonchev–Trinajstić information content (AvgIpc) is 3.47. The number of hydrogen-bond acceptors (Lipinski definition) is 7. The van der Waals surface area contributed by atoms with E-state index in [2.05, 4.69) is 25.3 Å². The smallest absolute Gasteiger partial charge is 0.269 e. The van der Waals surface area contributed by atoms with Crippen LogP contribution >= 0.6 is 0 Å². The fourth-order valence-electron chi connectivity index (χ4n) is 3.64. The van der Waals surface area contributed by atoms with Gasteiger partial charge in [-0.2, -0.15) is 5.10 Å². The molecular weight excluding hydrogens is 396 g/mol. The summed E-state index contributed by atoms with van der Waals surface area (Å²) in [7, 11) is 4.94. The van der Waals surface area contributed by atoms with E-state index in [1.807, 2.05) is 24.3 Å². The summed E-state index contributed by atoms with van der Waals surface area (Å²) in [5.41, 5.74) is 2.58. The second-order valence-corrected chi connectivity index (χ2v) is 7.33. The first-order valence-electron chi connectivity index (χ1n) is 10.2. The molecule has 4 rings (SSSR count). The summed E-state index contributed by atoms with van der Waals surface area (Å²) in [6, 6.07) is 9.02. The quantitative estimate of drug-likeness (QED) is 0.625. The van der Waals surface area contributed by atoms with Crippen LogP contribution in [0.3, 0.4) is 0 Å². The minimum atomic E-state index is -0.232. The van der Waals surface area contributed by atoms with Crippen LogP contribution in [0.1, 0.15) is 29.0 Å². The Kier molecular flexibility index (Phi) is 6.01. The van der Waals surface area contributed by atoms with Gasteiger partial charge < -0.3 is 19.7 Å². The molecule has 1 saturated heterocycles. The topological polar surface area (TPSA) is 94.4 Å². The lowest BCUT2D eigenvalue weighted by Crippen LogP contribution is -2.26. The molecule has 1 aliphatic rings. The molecule has 2 aromatic heterocycles. The van der Waals surface area contributed by atoms with Crippen LogP contribution in [0.25, 0.3) is 11.3 Å². The molecule has 1 fully saturated rings. The first kappa shape index (κ1) is 20.6. The van der Waals surface area contributed by atoms with E-state index in [-0.39, 0.29) is 5.91 Å². The Morgan fingerprint density at radius 2 is 1.94 bits per heavy atom. The number of methoxy groups -OCH3 is 2. The lowest BCUT2D eigenvalue weighted by molar-refractivity contribution is 0.0941. The van der Waals surface area contributed by atoms with Gasteiger partial charge in [0.2, 0.25) is 5.95 Å². The highest BCUT2D eigenvalue weighted by Gasteiger charge is 2.18. The number of carbonyl (C=O) groups excluding carboxylic acids is 1. The third kappa shape index (κ3) is 4.45. The first-order chi connectivity index (χ1) is 15.1. The molecule has 0 atom stereocenters. The fraction of sp³-hybridized carbons (Fsp3) is 0.364. The van der Waals surface area contributed by atoms with Crippen molar-refractivity contribution in [3.05, 3.63) is 47.9 Å². The highest BCUT2D eigenvalue weighted by atomic mass is 16.5. The second kappa shape index (κ2) is 9.03. The summed E-state index contributed by atoms with van der Waals surface area (Å²) >= 11 is 0. The van der Waals surface area contributed by atoms with Crippen molar-refractivity contribution in [3.63, 3.8) is 0 Å². The van der Waals surface area contributed by atoms with Crippen LogP contribution in [0, 0.1) is 0 Å². The van der Waals surface area contributed by atoms with E-state index in [9.17, 15) is 4.79 Å². The van der Waals surface area contributed by atoms with Crippen LogP contribution < -0.4 is 19.7 Å². The van der Waals surface area contributed by atoms with Crippen molar-refractivity contribution < 1.29 is 14.3 Å². The number of ether oxygens (including phenoxy) is 2. The predicted molar refractivity (Wildman–Crippen MR) is 116 cm³/mol. The predicted octanol–water partition coefficient (Wildman–Crippen LogP) is 2.42. The van der Waals surface area contributed by atoms with E-state index >= 15 is 0 Å². The minimum Gasteiger partial charge on any atom is -0.497 e. The molecule has 9 nitrogen and oxygen atoms in total. The van der Waals surface area contributed by atoms with Crippen molar-refractivity contribution in [2.75, 3.05) is 32.2 Å². The monoisotopic (exact) mass is 422 g/mol. The number of carbonyl (C=O) groups is 1. The van der Waals surface area contributed by atoms with Crippen LogP contribution in [0.2, 0.25) is 0 Å². The van der Waals surface area contributed by atoms with Gasteiger partial charge in [0.15, 0.2) is 0 Å². The molecule has 1 aromatic carbocycles. The summed E-state index contributed by atoms with van der Waals surface area (Å²) in [5.74, 6) is 1.83. The number of hydrogen-bond donors (Lipinski definition) is 1. The molecular formula is C22H26N6O3. The van der Waals surface area contributed by atoms with Gasteiger partial charge >= 0.3 is 0 Å². The zero-order valence-corrected chi connectivity index (χ0v) is 18.0. The van der Waals surface area contributed by atoms with Gasteiger partial charge in [-0.15, -0.1) is 0 Å². The van der Waals surface area contributed by atoms with Gasteiger partial charge in [0, 0.05) is 31.9 Å². The van der Waals surface area contributed by atoms with Gasteiger partial charge in [-0.3, -0.25) is 9.48 Å². The van der Waals surface area contributed by atoms with Crippen molar-refractivity contribution in [2.45, 2.75) is 19.4 Å². The third-order valence-corrected chi connectivity index (χ3v) is 5.31. The molecule has 0 bridgehead atoms. The summed E-state index contributed by atoms with van der Waals surface area (Å²) < 4.78 is 12.3. The zero-order chi connectivity index (χ0) is 21.8. The number of nitrogens with zero attached hydrogens (tertiary/aromatic N) is 5. The van der Waals surface area contributed by atoms with Crippen molar-refractivity contribution in [3.8, 4) is 22.8 Å². The molecule has 0 saturated carbocycles. The maximum Gasteiger partial charge on any atom is 0.269 e. The molecule has 0 spiro atoms. The summed E-state index contributed by atoms with van der Waals surface area (Å²) in [6.45, 7) is 2.26. The molecule has 0 radical (unpaired) electrons. The first-order valence-corrected chi connectivity index (χ1v) is 10.2. The molecule has 1 N–H and O–H groups in total. The molecule has 3 aromatic rings. The summed E-state index contributed by atoms with van der Waals surface area (Å²) in [6.07, 6.45) is 4.05. The van der Waals surface area contributed by atoms with E-state index in [1.165, 1.54) is 0 Å². The molecule has 3 heterocycles. The van der Waals surface area contributed by atoms with Crippen molar-refractivity contribution >= 4 is 11.9 Å². The van der Waals surface area contributed by atoms with Gasteiger partial charge in [0.05, 0.1) is 32.2 Å². The van der Waals surface area contributed by atoms with Crippen LogP contribution in [0.15, 0.2) is 36.5 Å². The SMILES string of the molecule is COc1ccc(OC)c(-c2cc(C(=O)NCc3ccnc(N4CCCC4)n3)n(C)n2)c1. The molecule has 162 valence electrons. The molecule has 1 aliphatic heterocycles. The fourth-order valence-corrected chi connectivity index (χ4v) is 3.64. The maximum absolute atomic E-state index is 12.8. The van der Waals surface area contributed by atoms with Crippen LogP contribution in [-0.4, -0.2) is 53.0 Å². The Bertz CT molecular complexity index is 1070. The standard InChI is InChI=1S/C22H26N6O3/c1-27-19(13-18(26-27)17-12-16(30-2)6-7-20(17)31-3)21(29)24-14-15-8-9-23-22(25-15)28-10-4-5-11-28/h6-9,12-13H,4-5,10-11,14H2,1-3H3,(H,24,29). The van der Waals surface area contributed by atoms with Gasteiger partial charge in [-0.25, -0.2) is 9.97 Å².